The molecule has 6 nitrogen and oxygen atoms in total. The van der Waals surface area contributed by atoms with Gasteiger partial charge in [0.2, 0.25) is 5.91 Å². The first-order valence-electron chi connectivity index (χ1n) is 8.10. The zero-order valence-corrected chi connectivity index (χ0v) is 16.0. The van der Waals surface area contributed by atoms with Gasteiger partial charge in [-0.1, -0.05) is 18.7 Å². The number of hydrogen-bond donors (Lipinski definition) is 1. The number of nitrogens with one attached hydrogen (secondary N) is 1. The molecule has 0 aliphatic carbocycles. The van der Waals surface area contributed by atoms with Crippen LogP contribution in [0.15, 0.2) is 27.8 Å². The summed E-state index contributed by atoms with van der Waals surface area (Å²) in [5, 5.41) is 3.47. The van der Waals surface area contributed by atoms with E-state index in [2.05, 4.69) is 15.3 Å². The lowest BCUT2D eigenvalue weighted by atomic mass is 10.0. The minimum Gasteiger partial charge on any atom is -0.461 e. The van der Waals surface area contributed by atoms with E-state index in [1.807, 2.05) is 20.8 Å². The van der Waals surface area contributed by atoms with Gasteiger partial charge in [0.25, 0.3) is 0 Å². The van der Waals surface area contributed by atoms with Gasteiger partial charge in [-0.15, -0.1) is 0 Å². The van der Waals surface area contributed by atoms with Crippen molar-refractivity contribution in [3.05, 3.63) is 29.7 Å². The van der Waals surface area contributed by atoms with E-state index < -0.39 is 0 Å². The molecule has 1 N–H and O–H groups in total. The molecule has 0 bridgehead atoms. The van der Waals surface area contributed by atoms with Gasteiger partial charge in [0.15, 0.2) is 17.4 Å². The Morgan fingerprint density at radius 1 is 1.32 bits per heavy atom. The van der Waals surface area contributed by atoms with Crippen LogP contribution in [0.25, 0.3) is 11.6 Å². The van der Waals surface area contributed by atoms with E-state index in [1.54, 1.807) is 25.3 Å². The van der Waals surface area contributed by atoms with Crippen molar-refractivity contribution in [3.63, 3.8) is 0 Å². The van der Waals surface area contributed by atoms with Crippen LogP contribution in [-0.2, 0) is 4.79 Å². The maximum Gasteiger partial charge on any atom is 0.230 e. The van der Waals surface area contributed by atoms with Crippen molar-refractivity contribution in [1.82, 2.24) is 15.3 Å². The molecule has 2 heterocycles. The highest BCUT2D eigenvalue weighted by atomic mass is 32.2. The quantitative estimate of drug-likeness (QED) is 0.460. The minimum absolute atomic E-state index is 0.0952. The molecule has 2 aromatic heterocycles. The SMILES string of the molecule is CCC(C)(C)NC(=O)CSc1nc(-c2ccco2)nc(C)c1C(C)=O. The third kappa shape index (κ3) is 4.92. The molecule has 2 aromatic rings. The van der Waals surface area contributed by atoms with Crippen LogP contribution in [-0.4, -0.2) is 33.0 Å². The fourth-order valence-corrected chi connectivity index (χ4v) is 3.13. The first-order valence-corrected chi connectivity index (χ1v) is 9.09. The van der Waals surface area contributed by atoms with E-state index in [4.69, 9.17) is 4.42 Å². The number of carbonyl (C=O) groups excluding carboxylic acids is 2. The molecule has 0 aliphatic heterocycles. The number of aryl methyl sites for hydroxylation is 1. The summed E-state index contributed by atoms with van der Waals surface area (Å²) < 4.78 is 5.34. The van der Waals surface area contributed by atoms with E-state index in [-0.39, 0.29) is 23.0 Å². The van der Waals surface area contributed by atoms with Gasteiger partial charge in [0.05, 0.1) is 23.3 Å². The van der Waals surface area contributed by atoms with Crippen molar-refractivity contribution < 1.29 is 14.0 Å². The lowest BCUT2D eigenvalue weighted by Crippen LogP contribution is -2.43. The zero-order valence-electron chi connectivity index (χ0n) is 15.2. The Hall–Kier alpha value is -2.15. The molecule has 0 unspecified atom stereocenters. The molecule has 7 heteroatoms. The highest BCUT2D eigenvalue weighted by Gasteiger charge is 2.21. The fourth-order valence-electron chi connectivity index (χ4n) is 2.21. The fraction of sp³-hybridized carbons (Fsp3) is 0.444. The summed E-state index contributed by atoms with van der Waals surface area (Å²) in [4.78, 5) is 33.0. The van der Waals surface area contributed by atoms with Gasteiger partial charge in [0.1, 0.15) is 5.03 Å². The number of rotatable bonds is 7. The number of aromatic nitrogens is 2. The van der Waals surface area contributed by atoms with E-state index in [0.717, 1.165) is 6.42 Å². The summed E-state index contributed by atoms with van der Waals surface area (Å²) in [5.74, 6) is 0.890. The normalized spacial score (nSPS) is 11.4. The molecular weight excluding hydrogens is 338 g/mol. The predicted molar refractivity (Wildman–Crippen MR) is 97.7 cm³/mol. The van der Waals surface area contributed by atoms with Crippen molar-refractivity contribution in [2.75, 3.05) is 5.75 Å². The molecule has 25 heavy (non-hydrogen) atoms. The topological polar surface area (TPSA) is 85.1 Å². The standard InChI is InChI=1S/C18H23N3O3S/c1-6-18(4,5)21-14(23)10-25-17-15(12(3)22)11(2)19-16(20-17)13-8-7-9-24-13/h7-9H,6,10H2,1-5H3,(H,21,23). The number of furan rings is 1. The van der Waals surface area contributed by atoms with Crippen molar-refractivity contribution >= 4 is 23.5 Å². The van der Waals surface area contributed by atoms with E-state index >= 15 is 0 Å². The monoisotopic (exact) mass is 361 g/mol. The first-order chi connectivity index (χ1) is 11.7. The van der Waals surface area contributed by atoms with Crippen LogP contribution >= 0.6 is 11.8 Å². The van der Waals surface area contributed by atoms with Crippen LogP contribution in [0.5, 0.6) is 0 Å². The molecule has 0 aliphatic rings. The van der Waals surface area contributed by atoms with Gasteiger partial charge in [-0.25, -0.2) is 9.97 Å². The molecule has 0 saturated carbocycles. The molecule has 2 rings (SSSR count). The van der Waals surface area contributed by atoms with E-state index in [9.17, 15) is 9.59 Å². The number of thioether (sulfide) groups is 1. The van der Waals surface area contributed by atoms with E-state index in [0.29, 0.717) is 27.9 Å². The molecule has 0 aromatic carbocycles. The summed E-state index contributed by atoms with van der Waals surface area (Å²) in [6.45, 7) is 9.20. The Labute approximate surface area is 151 Å². The highest BCUT2D eigenvalue weighted by Crippen LogP contribution is 2.27. The molecule has 0 radical (unpaired) electrons. The van der Waals surface area contributed by atoms with Crippen LogP contribution in [0, 0.1) is 6.92 Å². The Bertz CT molecular complexity index is 770. The summed E-state index contributed by atoms with van der Waals surface area (Å²) in [6.07, 6.45) is 2.37. The van der Waals surface area contributed by atoms with Crippen LogP contribution in [0.3, 0.4) is 0 Å². The Kier molecular flexibility index (Phi) is 6.00. The number of carbonyl (C=O) groups is 2. The number of Topliss-reactive ketones (excluding diaryl/α,β-unsaturated/α-hetero) is 1. The van der Waals surface area contributed by atoms with Crippen LogP contribution < -0.4 is 5.32 Å². The van der Waals surface area contributed by atoms with E-state index in [1.165, 1.54) is 18.7 Å². The van der Waals surface area contributed by atoms with Crippen molar-refractivity contribution in [3.8, 4) is 11.6 Å². The molecule has 0 spiro atoms. The molecule has 0 saturated heterocycles. The second-order valence-corrected chi connectivity index (χ2v) is 7.38. The van der Waals surface area contributed by atoms with Crippen molar-refractivity contribution in [1.29, 1.82) is 0 Å². The number of amides is 1. The summed E-state index contributed by atoms with van der Waals surface area (Å²) in [6, 6.07) is 3.51. The van der Waals surface area contributed by atoms with Gasteiger partial charge < -0.3 is 9.73 Å². The Balaban J connectivity index is 2.26. The molecule has 1 amide bonds. The Morgan fingerprint density at radius 3 is 2.60 bits per heavy atom. The third-order valence-corrected chi connectivity index (χ3v) is 4.83. The second-order valence-electron chi connectivity index (χ2n) is 6.42. The zero-order chi connectivity index (χ0) is 18.6. The summed E-state index contributed by atoms with van der Waals surface area (Å²) in [7, 11) is 0. The predicted octanol–water partition coefficient (Wildman–Crippen LogP) is 3.64. The van der Waals surface area contributed by atoms with Gasteiger partial charge in [-0.05, 0) is 46.2 Å². The average molecular weight is 361 g/mol. The van der Waals surface area contributed by atoms with Crippen LogP contribution in [0.1, 0.15) is 50.2 Å². The van der Waals surface area contributed by atoms with Gasteiger partial charge in [-0.3, -0.25) is 9.59 Å². The maximum absolute atomic E-state index is 12.2. The summed E-state index contributed by atoms with van der Waals surface area (Å²) >= 11 is 1.23. The van der Waals surface area contributed by atoms with Gasteiger partial charge in [-0.2, -0.15) is 0 Å². The second kappa shape index (κ2) is 7.82. The molecule has 0 atom stereocenters. The third-order valence-electron chi connectivity index (χ3n) is 3.85. The van der Waals surface area contributed by atoms with Crippen molar-refractivity contribution in [2.45, 2.75) is 51.6 Å². The minimum atomic E-state index is -0.262. The highest BCUT2D eigenvalue weighted by molar-refractivity contribution is 8.00. The average Bonchev–Trinajstić information content (AvgIpc) is 3.06. The molecule has 134 valence electrons. The lowest BCUT2D eigenvalue weighted by molar-refractivity contribution is -0.120. The van der Waals surface area contributed by atoms with Gasteiger partial charge >= 0.3 is 0 Å². The molecule has 0 fully saturated rings. The largest absolute Gasteiger partial charge is 0.461 e. The number of ketones is 1. The number of hydrogen-bond acceptors (Lipinski definition) is 6. The number of nitrogens with zero attached hydrogens (tertiary/aromatic N) is 2. The van der Waals surface area contributed by atoms with Crippen LogP contribution in [0.4, 0.5) is 0 Å². The Morgan fingerprint density at radius 2 is 2.04 bits per heavy atom. The lowest BCUT2D eigenvalue weighted by Gasteiger charge is -2.24. The summed E-state index contributed by atoms with van der Waals surface area (Å²) in [5.41, 5.74) is 0.760. The van der Waals surface area contributed by atoms with Gasteiger partial charge in [0, 0.05) is 5.54 Å². The van der Waals surface area contributed by atoms with Crippen molar-refractivity contribution in [2.24, 2.45) is 0 Å². The molecular formula is C18H23N3O3S. The smallest absolute Gasteiger partial charge is 0.230 e. The first kappa shape index (κ1) is 19.2. The maximum atomic E-state index is 12.2. The van der Waals surface area contributed by atoms with Crippen LogP contribution in [0.2, 0.25) is 0 Å².